The molecule has 2 N–H and O–H groups in total. The number of rotatable bonds is 4. The van der Waals surface area contributed by atoms with Gasteiger partial charge in [0.1, 0.15) is 0 Å². The smallest absolute Gasteiger partial charge is 0.307 e. The van der Waals surface area contributed by atoms with Crippen LogP contribution in [0.15, 0.2) is 47.3 Å². The molecule has 1 aliphatic carbocycles. The van der Waals surface area contributed by atoms with Gasteiger partial charge in [0.25, 0.3) is 0 Å². The molecule has 1 fully saturated rings. The van der Waals surface area contributed by atoms with Crippen molar-refractivity contribution in [2.75, 3.05) is 13.2 Å². The van der Waals surface area contributed by atoms with Crippen molar-refractivity contribution in [3.63, 3.8) is 0 Å². The molecule has 0 spiro atoms. The van der Waals surface area contributed by atoms with Crippen LogP contribution in [0.1, 0.15) is 73.2 Å². The van der Waals surface area contributed by atoms with Gasteiger partial charge in [-0.3, -0.25) is 9.78 Å². The van der Waals surface area contributed by atoms with Crippen LogP contribution in [0.5, 0.6) is 5.88 Å². The zero-order chi connectivity index (χ0) is 23.4. The molecule has 6 heteroatoms. The maximum atomic E-state index is 11.5. The summed E-state index contributed by atoms with van der Waals surface area (Å²) in [5.74, 6) is -0.973. The molecule has 2 aliphatic rings. The van der Waals surface area contributed by atoms with E-state index in [2.05, 4.69) is 50.9 Å². The largest absolute Gasteiger partial charge is 0.494 e. The lowest BCUT2D eigenvalue weighted by molar-refractivity contribution is -0.130. The van der Waals surface area contributed by atoms with Crippen molar-refractivity contribution in [1.82, 2.24) is 4.98 Å². The minimum atomic E-state index is -0.924. The Morgan fingerprint density at radius 1 is 0.909 bits per heavy atom. The molecule has 1 saturated heterocycles. The summed E-state index contributed by atoms with van der Waals surface area (Å²) < 4.78 is 12.6. The van der Waals surface area contributed by atoms with Crippen molar-refractivity contribution in [3.05, 3.63) is 84.8 Å². The summed E-state index contributed by atoms with van der Waals surface area (Å²) in [6.07, 6.45) is 2.82. The molecule has 0 bridgehead atoms. The number of benzene rings is 2. The number of thiazole rings is 1. The first-order valence-electron chi connectivity index (χ1n) is 11.5. The summed E-state index contributed by atoms with van der Waals surface area (Å²) in [6, 6.07) is 14.8. The van der Waals surface area contributed by atoms with Gasteiger partial charge in [0.2, 0.25) is 11.7 Å². The summed E-state index contributed by atoms with van der Waals surface area (Å²) in [4.78, 5) is 14.3. The minimum absolute atomic E-state index is 0.0485. The number of hydrogen-bond donors (Lipinski definition) is 2. The number of ether oxygens (including phenoxy) is 2. The van der Waals surface area contributed by atoms with E-state index in [0.29, 0.717) is 24.5 Å². The topological polar surface area (TPSA) is 71.6 Å². The molecular formula is C27H31NO4S. The fourth-order valence-corrected chi connectivity index (χ4v) is 5.96. The van der Waals surface area contributed by atoms with Gasteiger partial charge < -0.3 is 14.6 Å². The van der Waals surface area contributed by atoms with E-state index in [1.165, 1.54) is 17.5 Å². The quantitative estimate of drug-likeness (QED) is 0.546. The highest BCUT2D eigenvalue weighted by molar-refractivity contribution is 7.09. The second-order valence-electron chi connectivity index (χ2n) is 10.5. The first kappa shape index (κ1) is 22.4. The molecule has 174 valence electrons. The zero-order valence-electron chi connectivity index (χ0n) is 19.7. The second kappa shape index (κ2) is 7.83. The molecule has 0 saturated carbocycles. The lowest BCUT2D eigenvalue weighted by Crippen LogP contribution is -2.35. The van der Waals surface area contributed by atoms with Crippen LogP contribution in [0.3, 0.4) is 0 Å². The van der Waals surface area contributed by atoms with Crippen LogP contribution in [0.25, 0.3) is 0 Å². The molecule has 0 radical (unpaired) electrons. The van der Waals surface area contributed by atoms with Crippen molar-refractivity contribution < 1.29 is 14.6 Å². The van der Waals surface area contributed by atoms with Gasteiger partial charge in [0, 0.05) is 17.5 Å². The molecule has 3 aromatic rings. The Bertz CT molecular complexity index is 1230. The molecule has 0 unspecified atom stereocenters. The van der Waals surface area contributed by atoms with Gasteiger partial charge in [-0.1, -0.05) is 75.4 Å². The number of aromatic amines is 1. The summed E-state index contributed by atoms with van der Waals surface area (Å²) >= 11 is 1.04. The average Bonchev–Trinajstić information content (AvgIpc) is 3.39. The maximum absolute atomic E-state index is 11.5. The van der Waals surface area contributed by atoms with Crippen molar-refractivity contribution in [2.45, 2.75) is 63.6 Å². The Labute approximate surface area is 198 Å². The fraction of sp³-hybridized carbons (Fsp3) is 0.444. The standard InChI is InChI=1S/C27H31NO4S/c1-25(2)11-12-26(3,4)21-16-19(9-10-20(21)25)27(31-13-14-32-27)18-7-5-17(6-8-18)15-22-23(29)28-24(30)33-22/h5-10,16,29H,11-15H2,1-4H3,(H,28,30). The van der Waals surface area contributed by atoms with Crippen molar-refractivity contribution >= 4 is 11.3 Å². The Balaban J connectivity index is 1.52. The molecule has 33 heavy (non-hydrogen) atoms. The minimum Gasteiger partial charge on any atom is -0.494 e. The van der Waals surface area contributed by atoms with Gasteiger partial charge in [0.15, 0.2) is 0 Å². The molecule has 2 aromatic carbocycles. The maximum Gasteiger partial charge on any atom is 0.307 e. The first-order valence-corrected chi connectivity index (χ1v) is 12.4. The highest BCUT2D eigenvalue weighted by Crippen LogP contribution is 2.48. The number of aromatic nitrogens is 1. The van der Waals surface area contributed by atoms with E-state index >= 15 is 0 Å². The van der Waals surface area contributed by atoms with Gasteiger partial charge in [-0.05, 0) is 46.4 Å². The summed E-state index contributed by atoms with van der Waals surface area (Å²) in [6.45, 7) is 10.4. The molecule has 2 heterocycles. The van der Waals surface area contributed by atoms with E-state index in [9.17, 15) is 9.90 Å². The predicted molar refractivity (Wildman–Crippen MR) is 130 cm³/mol. The number of H-pyrrole nitrogens is 1. The van der Waals surface area contributed by atoms with Gasteiger partial charge in [-0.15, -0.1) is 0 Å². The lowest BCUT2D eigenvalue weighted by atomic mass is 9.62. The van der Waals surface area contributed by atoms with Crippen molar-refractivity contribution in [3.8, 4) is 5.88 Å². The Morgan fingerprint density at radius 3 is 2.12 bits per heavy atom. The Kier molecular flexibility index (Phi) is 5.31. The van der Waals surface area contributed by atoms with Crippen LogP contribution in [0, 0.1) is 0 Å². The van der Waals surface area contributed by atoms with Crippen molar-refractivity contribution in [1.29, 1.82) is 0 Å². The third-order valence-electron chi connectivity index (χ3n) is 7.33. The van der Waals surface area contributed by atoms with E-state index in [1.807, 2.05) is 24.3 Å². The van der Waals surface area contributed by atoms with Gasteiger partial charge in [-0.2, -0.15) is 0 Å². The molecule has 0 atom stereocenters. The summed E-state index contributed by atoms with van der Waals surface area (Å²) in [5.41, 5.74) is 6.03. The zero-order valence-corrected chi connectivity index (χ0v) is 20.5. The SMILES string of the molecule is CC1(C)CCC(C)(C)c2cc(C3(c4ccc(Cc5sc(=O)[nH]c5O)cc4)OCCO3)ccc21. The third kappa shape index (κ3) is 3.84. The number of aromatic hydroxyl groups is 1. The highest BCUT2D eigenvalue weighted by Gasteiger charge is 2.43. The van der Waals surface area contributed by atoms with E-state index in [0.717, 1.165) is 34.4 Å². The second-order valence-corrected chi connectivity index (χ2v) is 11.6. The molecule has 1 aromatic heterocycles. The Morgan fingerprint density at radius 2 is 1.52 bits per heavy atom. The monoisotopic (exact) mass is 465 g/mol. The van der Waals surface area contributed by atoms with Gasteiger partial charge in [0.05, 0.1) is 18.1 Å². The van der Waals surface area contributed by atoms with E-state index in [1.54, 1.807) is 0 Å². The number of hydrogen-bond acceptors (Lipinski definition) is 5. The average molecular weight is 466 g/mol. The van der Waals surface area contributed by atoms with Crippen LogP contribution < -0.4 is 4.87 Å². The Hall–Kier alpha value is -2.41. The molecule has 1 aliphatic heterocycles. The van der Waals surface area contributed by atoms with Crippen LogP contribution in [0.4, 0.5) is 0 Å². The molecule has 5 nitrogen and oxygen atoms in total. The van der Waals surface area contributed by atoms with Crippen LogP contribution in [-0.2, 0) is 32.5 Å². The molecule has 5 rings (SSSR count). The lowest BCUT2D eigenvalue weighted by Gasteiger charge is -2.42. The van der Waals surface area contributed by atoms with Crippen LogP contribution in [0.2, 0.25) is 0 Å². The molecular weight excluding hydrogens is 434 g/mol. The van der Waals surface area contributed by atoms with Gasteiger partial charge in [-0.25, -0.2) is 0 Å². The number of nitrogens with one attached hydrogen (secondary N) is 1. The van der Waals surface area contributed by atoms with Crippen molar-refractivity contribution in [2.24, 2.45) is 0 Å². The van der Waals surface area contributed by atoms with Crippen LogP contribution in [-0.4, -0.2) is 23.3 Å². The normalized spacial score (nSPS) is 20.5. The third-order valence-corrected chi connectivity index (χ3v) is 8.20. The highest BCUT2D eigenvalue weighted by atomic mass is 32.1. The predicted octanol–water partition coefficient (Wildman–Crippen LogP) is 5.33. The first-order chi connectivity index (χ1) is 15.6. The number of fused-ring (bicyclic) bond motifs is 1. The summed E-state index contributed by atoms with van der Waals surface area (Å²) in [5, 5.41) is 9.90. The van der Waals surface area contributed by atoms with Gasteiger partial charge >= 0.3 is 4.87 Å². The van der Waals surface area contributed by atoms with E-state index in [4.69, 9.17) is 9.47 Å². The molecule has 0 amide bonds. The van der Waals surface area contributed by atoms with E-state index in [-0.39, 0.29) is 21.6 Å². The fourth-order valence-electron chi connectivity index (χ4n) is 5.21. The van der Waals surface area contributed by atoms with E-state index < -0.39 is 5.79 Å². The summed E-state index contributed by atoms with van der Waals surface area (Å²) in [7, 11) is 0. The van der Waals surface area contributed by atoms with Crippen LogP contribution >= 0.6 is 11.3 Å².